The predicted octanol–water partition coefficient (Wildman–Crippen LogP) is 5.72. The van der Waals surface area contributed by atoms with Crippen LogP contribution in [0.15, 0.2) is 82.4 Å². The largest absolute Gasteiger partial charge is 0.466 e. The quantitative estimate of drug-likeness (QED) is 0.0999. The zero-order valence-electron chi connectivity index (χ0n) is 30.6. The van der Waals surface area contributed by atoms with Crippen LogP contribution in [-0.4, -0.2) is 65.2 Å². The first-order chi connectivity index (χ1) is 25.8. The van der Waals surface area contributed by atoms with Gasteiger partial charge in [-0.1, -0.05) is 55.5 Å². The summed E-state index contributed by atoms with van der Waals surface area (Å²) in [7, 11) is 0. The van der Waals surface area contributed by atoms with Crippen molar-refractivity contribution in [2.75, 3.05) is 44.2 Å². The van der Waals surface area contributed by atoms with E-state index in [0.717, 1.165) is 38.5 Å². The topological polar surface area (TPSA) is 106 Å². The van der Waals surface area contributed by atoms with Gasteiger partial charge in [0.25, 0.3) is 11.5 Å². The van der Waals surface area contributed by atoms with Gasteiger partial charge in [-0.25, -0.2) is 9.18 Å². The fourth-order valence-corrected chi connectivity index (χ4v) is 6.77. The van der Waals surface area contributed by atoms with Crippen LogP contribution in [0.3, 0.4) is 0 Å². The van der Waals surface area contributed by atoms with Crippen LogP contribution in [0.5, 0.6) is 0 Å². The fourth-order valence-electron chi connectivity index (χ4n) is 6.77. The van der Waals surface area contributed by atoms with Crippen LogP contribution < -0.4 is 21.5 Å². The molecule has 5 rings (SSSR count). The lowest BCUT2D eigenvalue weighted by molar-refractivity contribution is -0.143. The van der Waals surface area contributed by atoms with Crippen molar-refractivity contribution in [3.05, 3.63) is 133 Å². The van der Waals surface area contributed by atoms with Gasteiger partial charge in [0.15, 0.2) is 0 Å². The Kier molecular flexibility index (Phi) is 13.1. The first-order valence-electron chi connectivity index (χ1n) is 18.0. The first-order valence-corrected chi connectivity index (χ1v) is 18.0. The van der Waals surface area contributed by atoms with Gasteiger partial charge in [-0.05, 0) is 61.6 Å². The molecule has 1 aliphatic heterocycles. The van der Waals surface area contributed by atoms with Crippen molar-refractivity contribution in [1.82, 2.24) is 19.4 Å². The number of anilines is 1. The number of halogens is 4. The van der Waals surface area contributed by atoms with Gasteiger partial charge < -0.3 is 15.0 Å². The Morgan fingerprint density at radius 1 is 0.907 bits per heavy atom. The molecule has 0 bridgehead atoms. The van der Waals surface area contributed by atoms with Gasteiger partial charge in [-0.15, -0.1) is 0 Å². The minimum absolute atomic E-state index is 0.0341. The molecule has 54 heavy (non-hydrogen) atoms. The average molecular weight is 752 g/mol. The van der Waals surface area contributed by atoms with E-state index in [0.29, 0.717) is 57.9 Å². The van der Waals surface area contributed by atoms with E-state index in [4.69, 9.17) is 4.74 Å². The van der Waals surface area contributed by atoms with Gasteiger partial charge in [0.05, 0.1) is 18.7 Å². The molecule has 1 fully saturated rings. The molecule has 0 spiro atoms. The van der Waals surface area contributed by atoms with Crippen molar-refractivity contribution in [2.45, 2.75) is 65.3 Å². The summed E-state index contributed by atoms with van der Waals surface area (Å²) < 4.78 is 64.1. The van der Waals surface area contributed by atoms with E-state index in [-0.39, 0.29) is 42.1 Å². The fraction of sp³-hybridized carbons (Fsp3) is 0.400. The van der Waals surface area contributed by atoms with Crippen molar-refractivity contribution >= 4 is 17.6 Å². The van der Waals surface area contributed by atoms with Crippen molar-refractivity contribution < 1.29 is 31.9 Å². The summed E-state index contributed by atoms with van der Waals surface area (Å²) >= 11 is 0. The monoisotopic (exact) mass is 751 g/mol. The Balaban J connectivity index is 1.37. The number of alkyl halides is 3. The number of piperazine rings is 1. The number of hydrogen-bond donors (Lipinski definition) is 1. The molecule has 4 aromatic rings. The molecule has 288 valence electrons. The molecule has 2 heterocycles. The summed E-state index contributed by atoms with van der Waals surface area (Å²) in [5.74, 6) is -1.96. The highest BCUT2D eigenvalue weighted by Gasteiger charge is 2.35. The molecule has 1 atom stereocenters. The lowest BCUT2D eigenvalue weighted by Gasteiger charge is -2.37. The van der Waals surface area contributed by atoms with Gasteiger partial charge in [-0.2, -0.15) is 13.2 Å². The molecule has 14 heteroatoms. The van der Waals surface area contributed by atoms with Crippen molar-refractivity contribution in [3.8, 4) is 0 Å². The van der Waals surface area contributed by atoms with Crippen LogP contribution in [0.1, 0.15) is 70.9 Å². The number of ether oxygens (including phenoxy) is 1. The molecule has 1 N–H and O–H groups in total. The number of amides is 1. The Bertz CT molecular complexity index is 2060. The lowest BCUT2D eigenvalue weighted by atomic mass is 10.0. The Labute approximate surface area is 311 Å². The normalized spacial score (nSPS) is 14.2. The molecule has 1 aromatic heterocycles. The van der Waals surface area contributed by atoms with Crippen molar-refractivity contribution in [1.29, 1.82) is 0 Å². The highest BCUT2D eigenvalue weighted by atomic mass is 19.4. The highest BCUT2D eigenvalue weighted by Crippen LogP contribution is 2.34. The summed E-state index contributed by atoms with van der Waals surface area (Å²) in [6, 6.07) is 19.2. The molecule has 1 aliphatic rings. The van der Waals surface area contributed by atoms with E-state index in [2.05, 4.69) is 10.2 Å². The Hall–Kier alpha value is -5.24. The molecule has 0 aliphatic carbocycles. The van der Waals surface area contributed by atoms with Crippen LogP contribution in [-0.2, 0) is 35.3 Å². The summed E-state index contributed by atoms with van der Waals surface area (Å²) in [4.78, 5) is 56.5. The second-order valence-electron chi connectivity index (χ2n) is 13.4. The van der Waals surface area contributed by atoms with Gasteiger partial charge in [0.1, 0.15) is 11.5 Å². The minimum atomic E-state index is -4.86. The number of carbonyl (C=O) groups excluding carboxylic acids is 2. The number of esters is 1. The molecule has 1 amide bonds. The number of carbonyl (C=O) groups is 2. The van der Waals surface area contributed by atoms with Gasteiger partial charge >= 0.3 is 17.8 Å². The smallest absolute Gasteiger partial charge is 0.416 e. The Morgan fingerprint density at radius 3 is 2.30 bits per heavy atom. The second kappa shape index (κ2) is 17.7. The maximum Gasteiger partial charge on any atom is 0.416 e. The van der Waals surface area contributed by atoms with Crippen molar-refractivity contribution in [2.24, 2.45) is 0 Å². The molecule has 0 radical (unpaired) electrons. The predicted molar refractivity (Wildman–Crippen MR) is 197 cm³/mol. The summed E-state index contributed by atoms with van der Waals surface area (Å²) in [6.45, 7) is 7.26. The maximum atomic E-state index is 15.1. The molecule has 10 nitrogen and oxygen atoms in total. The zero-order valence-corrected chi connectivity index (χ0v) is 30.6. The molecule has 0 unspecified atom stereocenters. The van der Waals surface area contributed by atoms with Gasteiger partial charge in [0, 0.05) is 69.1 Å². The van der Waals surface area contributed by atoms with Gasteiger partial charge in [-0.3, -0.25) is 28.4 Å². The molecule has 3 aromatic carbocycles. The van der Waals surface area contributed by atoms with Crippen LogP contribution in [0.2, 0.25) is 0 Å². The SMILES string of the molecule is CCOC(=O)CCCNC(=O)c1cccc(CN2CCN(c3c(C)n(Cc4c(F)cccc4C(F)(F)F)c(=O)n(C[C@H](C)c4ccccc4)c3=O)CC2)c1. The third kappa shape index (κ3) is 9.64. The summed E-state index contributed by atoms with van der Waals surface area (Å²) in [5.41, 5.74) is -0.660. The Morgan fingerprint density at radius 2 is 1.61 bits per heavy atom. The first kappa shape index (κ1) is 40.0. The van der Waals surface area contributed by atoms with E-state index >= 15 is 4.39 Å². The lowest BCUT2D eigenvalue weighted by Crippen LogP contribution is -2.51. The van der Waals surface area contributed by atoms with Crippen LogP contribution in [0.25, 0.3) is 0 Å². The number of hydrogen-bond acceptors (Lipinski definition) is 7. The van der Waals surface area contributed by atoms with Crippen LogP contribution in [0, 0.1) is 12.7 Å². The van der Waals surface area contributed by atoms with Gasteiger partial charge in [0.2, 0.25) is 0 Å². The van der Waals surface area contributed by atoms with E-state index in [9.17, 15) is 32.3 Å². The van der Waals surface area contributed by atoms with E-state index in [1.807, 2.05) is 48.2 Å². The third-order valence-corrected chi connectivity index (χ3v) is 9.66. The molecule has 0 saturated carbocycles. The number of benzene rings is 3. The van der Waals surface area contributed by atoms with E-state index in [1.165, 1.54) is 6.92 Å². The summed E-state index contributed by atoms with van der Waals surface area (Å²) in [5, 5.41) is 2.83. The zero-order chi connectivity index (χ0) is 39.0. The number of aromatic nitrogens is 2. The number of nitrogens with one attached hydrogen (secondary N) is 1. The van der Waals surface area contributed by atoms with Crippen LogP contribution in [0.4, 0.5) is 23.2 Å². The molecular formula is C40H45F4N5O5. The molecule has 1 saturated heterocycles. The second-order valence-corrected chi connectivity index (χ2v) is 13.4. The average Bonchev–Trinajstić information content (AvgIpc) is 3.15. The summed E-state index contributed by atoms with van der Waals surface area (Å²) in [6.07, 6.45) is -4.19. The number of nitrogens with zero attached hydrogens (tertiary/aromatic N) is 4. The standard InChI is InChI=1S/C40H45F4N5O5/c1-4-54-35(50)17-10-18-45-37(51)31-14-8-11-29(23-31)25-46-19-21-47(22-20-46)36-28(3)48(26-32-33(40(42,43)44)15-9-16-34(32)41)39(53)49(38(36)52)24-27(2)30-12-6-5-7-13-30/h5-9,11-16,23,27H,4,10,17-22,24-26H2,1-3H3,(H,45,51)/t27-/m0/s1. The highest BCUT2D eigenvalue weighted by molar-refractivity contribution is 5.94. The van der Waals surface area contributed by atoms with Crippen molar-refractivity contribution in [3.63, 3.8) is 0 Å². The van der Waals surface area contributed by atoms with E-state index in [1.54, 1.807) is 25.1 Å². The number of rotatable bonds is 14. The van der Waals surface area contributed by atoms with E-state index < -0.39 is 40.9 Å². The molecular weight excluding hydrogens is 706 g/mol. The minimum Gasteiger partial charge on any atom is -0.466 e. The third-order valence-electron chi connectivity index (χ3n) is 9.66. The van der Waals surface area contributed by atoms with Crippen LogP contribution >= 0.6 is 0 Å². The maximum absolute atomic E-state index is 15.1.